The van der Waals surface area contributed by atoms with E-state index in [0.29, 0.717) is 6.42 Å². The summed E-state index contributed by atoms with van der Waals surface area (Å²) in [6.45, 7) is 9.84. The summed E-state index contributed by atoms with van der Waals surface area (Å²) in [5, 5.41) is 11.2. The van der Waals surface area contributed by atoms with Crippen molar-refractivity contribution in [3.05, 3.63) is 12.2 Å². The standard InChI is InChI=1S/C21H30O4/c1-12-14-6-7-15-19(3)8-5-9-20(4,25-13(2)22)16(19)10-17(23)21(15,11-14)18(12)24/h14-17,23H,1,5-11H2,2-4H3/t14-,15+,16+,17-,19+,20+,21-/m1/s1. The van der Waals surface area contributed by atoms with Crippen molar-refractivity contribution in [1.29, 1.82) is 0 Å². The highest BCUT2D eigenvalue weighted by atomic mass is 16.6. The Kier molecular flexibility index (Phi) is 3.58. The van der Waals surface area contributed by atoms with Crippen LogP contribution in [0.1, 0.15) is 65.7 Å². The Labute approximate surface area is 150 Å². The van der Waals surface area contributed by atoms with Crippen LogP contribution < -0.4 is 0 Å². The van der Waals surface area contributed by atoms with Gasteiger partial charge in [-0.1, -0.05) is 13.5 Å². The number of hydrogen-bond acceptors (Lipinski definition) is 4. The fourth-order valence-corrected chi connectivity index (χ4v) is 7.43. The first-order valence-electron chi connectivity index (χ1n) is 9.76. The first kappa shape index (κ1) is 17.3. The molecule has 2 bridgehead atoms. The largest absolute Gasteiger partial charge is 0.459 e. The molecule has 4 rings (SSSR count). The van der Waals surface area contributed by atoms with Crippen LogP contribution in [0.5, 0.6) is 0 Å². The van der Waals surface area contributed by atoms with E-state index in [2.05, 4.69) is 13.5 Å². The summed E-state index contributed by atoms with van der Waals surface area (Å²) in [6, 6.07) is 0. The Morgan fingerprint density at radius 2 is 1.96 bits per heavy atom. The lowest BCUT2D eigenvalue weighted by Crippen LogP contribution is -2.65. The van der Waals surface area contributed by atoms with Gasteiger partial charge in [-0.05, 0) is 74.7 Å². The molecule has 25 heavy (non-hydrogen) atoms. The monoisotopic (exact) mass is 346 g/mol. The van der Waals surface area contributed by atoms with E-state index in [4.69, 9.17) is 4.74 Å². The van der Waals surface area contributed by atoms with Gasteiger partial charge in [-0.25, -0.2) is 0 Å². The lowest BCUT2D eigenvalue weighted by molar-refractivity contribution is -0.227. The third-order valence-electron chi connectivity index (χ3n) is 8.37. The normalized spacial score (nSPS) is 51.7. The predicted octanol–water partition coefficient (Wildman–Crippen LogP) is 3.42. The van der Waals surface area contributed by atoms with Crippen LogP contribution in [0.25, 0.3) is 0 Å². The predicted molar refractivity (Wildman–Crippen MR) is 93.7 cm³/mol. The minimum Gasteiger partial charge on any atom is -0.459 e. The number of Topliss-reactive ketones (excluding diaryl/α,β-unsaturated/α-hetero) is 1. The van der Waals surface area contributed by atoms with Gasteiger partial charge in [-0.3, -0.25) is 9.59 Å². The van der Waals surface area contributed by atoms with Gasteiger partial charge in [-0.15, -0.1) is 0 Å². The third-order valence-corrected chi connectivity index (χ3v) is 8.37. The Bertz CT molecular complexity index is 654. The molecule has 4 aliphatic rings. The van der Waals surface area contributed by atoms with Crippen LogP contribution in [0.15, 0.2) is 12.2 Å². The van der Waals surface area contributed by atoms with Gasteiger partial charge in [0.2, 0.25) is 0 Å². The van der Waals surface area contributed by atoms with Crippen molar-refractivity contribution >= 4 is 11.8 Å². The van der Waals surface area contributed by atoms with Gasteiger partial charge in [0.05, 0.1) is 11.5 Å². The highest BCUT2D eigenvalue weighted by Crippen LogP contribution is 2.70. The molecule has 0 heterocycles. The molecule has 7 atom stereocenters. The Morgan fingerprint density at radius 1 is 1.24 bits per heavy atom. The Hall–Kier alpha value is -1.16. The van der Waals surface area contributed by atoms with Gasteiger partial charge in [-0.2, -0.15) is 0 Å². The molecule has 0 radical (unpaired) electrons. The average molecular weight is 346 g/mol. The highest BCUT2D eigenvalue weighted by molar-refractivity contribution is 6.03. The minimum absolute atomic E-state index is 0.0765. The Balaban J connectivity index is 1.79. The lowest BCUT2D eigenvalue weighted by atomic mass is 9.42. The van der Waals surface area contributed by atoms with E-state index < -0.39 is 17.1 Å². The second-order valence-electron chi connectivity index (χ2n) is 9.50. The summed E-state index contributed by atoms with van der Waals surface area (Å²) in [5.41, 5.74) is -0.522. The number of aliphatic hydroxyl groups is 1. The summed E-state index contributed by atoms with van der Waals surface area (Å²) in [5.74, 6) is 0.373. The van der Waals surface area contributed by atoms with Crippen molar-refractivity contribution in [3.8, 4) is 0 Å². The van der Waals surface area contributed by atoms with Crippen LogP contribution in [0.4, 0.5) is 0 Å². The molecule has 0 aromatic rings. The quantitative estimate of drug-likeness (QED) is 0.584. The second-order valence-corrected chi connectivity index (χ2v) is 9.50. The maximum atomic E-state index is 13.2. The molecule has 0 amide bonds. The van der Waals surface area contributed by atoms with Gasteiger partial charge in [0.15, 0.2) is 5.78 Å². The smallest absolute Gasteiger partial charge is 0.303 e. The number of esters is 1. The fourth-order valence-electron chi connectivity index (χ4n) is 7.43. The molecule has 4 aliphatic carbocycles. The summed E-state index contributed by atoms with van der Waals surface area (Å²) < 4.78 is 5.81. The third kappa shape index (κ3) is 2.03. The number of carbonyl (C=O) groups is 2. The van der Waals surface area contributed by atoms with Gasteiger partial charge < -0.3 is 9.84 Å². The molecule has 0 aromatic heterocycles. The number of aliphatic hydroxyl groups excluding tert-OH is 1. The summed E-state index contributed by atoms with van der Waals surface area (Å²) in [7, 11) is 0. The van der Waals surface area contributed by atoms with Crippen molar-refractivity contribution < 1.29 is 19.4 Å². The van der Waals surface area contributed by atoms with Crippen LogP contribution in [0.2, 0.25) is 0 Å². The average Bonchev–Trinajstić information content (AvgIpc) is 2.71. The maximum Gasteiger partial charge on any atom is 0.303 e. The van der Waals surface area contributed by atoms with Crippen LogP contribution in [0.3, 0.4) is 0 Å². The fraction of sp³-hybridized carbons (Fsp3) is 0.810. The van der Waals surface area contributed by atoms with E-state index in [-0.39, 0.29) is 34.9 Å². The summed E-state index contributed by atoms with van der Waals surface area (Å²) >= 11 is 0. The molecule has 0 saturated heterocycles. The molecule has 0 aliphatic heterocycles. The van der Waals surface area contributed by atoms with E-state index in [1.165, 1.54) is 6.92 Å². The number of hydrogen-bond donors (Lipinski definition) is 1. The summed E-state index contributed by atoms with van der Waals surface area (Å²) in [4.78, 5) is 24.9. The van der Waals surface area contributed by atoms with Crippen LogP contribution >= 0.6 is 0 Å². The van der Waals surface area contributed by atoms with E-state index >= 15 is 0 Å². The van der Waals surface area contributed by atoms with Crippen molar-refractivity contribution in [2.75, 3.05) is 0 Å². The molecule has 0 unspecified atom stereocenters. The molecule has 4 nitrogen and oxygen atoms in total. The molecule has 4 heteroatoms. The molecule has 4 saturated carbocycles. The zero-order chi connectivity index (χ0) is 18.2. The first-order chi connectivity index (χ1) is 11.6. The number of fused-ring (bicyclic) bond motifs is 3. The van der Waals surface area contributed by atoms with Crippen molar-refractivity contribution in [1.82, 2.24) is 0 Å². The van der Waals surface area contributed by atoms with E-state index in [0.717, 1.165) is 44.1 Å². The maximum absolute atomic E-state index is 13.2. The second kappa shape index (κ2) is 5.18. The number of ether oxygens (including phenoxy) is 1. The molecular weight excluding hydrogens is 316 g/mol. The summed E-state index contributed by atoms with van der Waals surface area (Å²) in [6.07, 6.45) is 5.49. The topological polar surface area (TPSA) is 63.6 Å². The zero-order valence-corrected chi connectivity index (χ0v) is 15.6. The molecule has 1 N–H and O–H groups in total. The minimum atomic E-state index is -0.655. The van der Waals surface area contributed by atoms with E-state index in [9.17, 15) is 14.7 Å². The number of allylic oxidation sites excluding steroid dienone is 1. The van der Waals surface area contributed by atoms with E-state index in [1.54, 1.807) is 0 Å². The van der Waals surface area contributed by atoms with Gasteiger partial charge in [0, 0.05) is 12.8 Å². The van der Waals surface area contributed by atoms with Gasteiger partial charge in [0.1, 0.15) is 5.60 Å². The molecule has 138 valence electrons. The van der Waals surface area contributed by atoms with Crippen LogP contribution in [0, 0.1) is 28.6 Å². The van der Waals surface area contributed by atoms with Crippen molar-refractivity contribution in [2.24, 2.45) is 28.6 Å². The van der Waals surface area contributed by atoms with Crippen molar-refractivity contribution in [3.63, 3.8) is 0 Å². The first-order valence-corrected chi connectivity index (χ1v) is 9.76. The highest BCUT2D eigenvalue weighted by Gasteiger charge is 2.70. The van der Waals surface area contributed by atoms with Crippen molar-refractivity contribution in [2.45, 2.75) is 77.4 Å². The van der Waals surface area contributed by atoms with E-state index in [1.807, 2.05) is 6.92 Å². The number of carbonyl (C=O) groups excluding carboxylic acids is 2. The van der Waals surface area contributed by atoms with Gasteiger partial charge in [0.25, 0.3) is 0 Å². The zero-order valence-electron chi connectivity index (χ0n) is 15.6. The number of rotatable bonds is 1. The molecule has 1 spiro atoms. The van der Waals surface area contributed by atoms with Crippen LogP contribution in [-0.2, 0) is 14.3 Å². The molecule has 0 aromatic carbocycles. The number of ketones is 1. The van der Waals surface area contributed by atoms with Gasteiger partial charge >= 0.3 is 5.97 Å². The molecular formula is C21H30O4. The molecule has 4 fully saturated rings. The van der Waals surface area contributed by atoms with Crippen LogP contribution in [-0.4, -0.2) is 28.6 Å². The lowest BCUT2D eigenvalue weighted by Gasteiger charge is -2.64. The Morgan fingerprint density at radius 3 is 2.64 bits per heavy atom. The SMILES string of the molecule is C=C1C(=O)[C@]23C[C@H]1CC[C@H]2[C@]1(C)CCC[C@](C)(OC(C)=O)[C@H]1C[C@H]3O.